The van der Waals surface area contributed by atoms with Crippen molar-refractivity contribution in [3.05, 3.63) is 62.0 Å². The normalized spacial score (nSPS) is 16.1. The zero-order valence-corrected chi connectivity index (χ0v) is 18.2. The summed E-state index contributed by atoms with van der Waals surface area (Å²) in [7, 11) is 1.39. The minimum atomic E-state index is -4.67. The smallest absolute Gasteiger partial charge is 0.416 e. The summed E-state index contributed by atoms with van der Waals surface area (Å²) in [6, 6.07) is 5.79. The third-order valence-electron chi connectivity index (χ3n) is 4.07. The molecule has 4 amide bonds. The number of benzene rings is 2. The van der Waals surface area contributed by atoms with Crippen LogP contribution in [0.4, 0.5) is 23.7 Å². The average Bonchev–Trinajstić information content (AvgIpc) is 2.64. The van der Waals surface area contributed by atoms with Gasteiger partial charge in [-0.1, -0.05) is 22.0 Å². The summed E-state index contributed by atoms with van der Waals surface area (Å²) >= 11 is 6.58. The Morgan fingerprint density at radius 2 is 1.80 bits per heavy atom. The van der Waals surface area contributed by atoms with E-state index in [0.29, 0.717) is 31.2 Å². The van der Waals surface area contributed by atoms with Gasteiger partial charge in [0.1, 0.15) is 11.3 Å². The Kier molecular flexibility index (Phi) is 6.04. The van der Waals surface area contributed by atoms with Crippen LogP contribution in [0.15, 0.2) is 50.9 Å². The number of nitrogens with one attached hydrogen (secondary N) is 1. The van der Waals surface area contributed by atoms with Crippen molar-refractivity contribution in [3.8, 4) is 5.75 Å². The van der Waals surface area contributed by atoms with E-state index in [0.717, 1.165) is 18.2 Å². The summed E-state index contributed by atoms with van der Waals surface area (Å²) < 4.78 is 45.5. The first-order valence-electron chi connectivity index (χ1n) is 8.14. The highest BCUT2D eigenvalue weighted by atomic mass is 79.9. The van der Waals surface area contributed by atoms with Crippen LogP contribution in [0.25, 0.3) is 6.08 Å². The van der Waals surface area contributed by atoms with E-state index in [4.69, 9.17) is 4.74 Å². The van der Waals surface area contributed by atoms with Gasteiger partial charge in [-0.05, 0) is 52.3 Å². The second-order valence-electron chi connectivity index (χ2n) is 6.02. The van der Waals surface area contributed by atoms with Crippen molar-refractivity contribution in [2.45, 2.75) is 6.18 Å². The van der Waals surface area contributed by atoms with Crippen molar-refractivity contribution in [2.24, 2.45) is 0 Å². The van der Waals surface area contributed by atoms with E-state index in [9.17, 15) is 27.6 Å². The minimum absolute atomic E-state index is 0.314. The predicted molar refractivity (Wildman–Crippen MR) is 109 cm³/mol. The number of carbonyl (C=O) groups is 3. The molecule has 0 atom stereocenters. The Bertz CT molecular complexity index is 1100. The lowest BCUT2D eigenvalue weighted by Gasteiger charge is -2.27. The Hall–Kier alpha value is -2.66. The largest absolute Gasteiger partial charge is 0.495 e. The van der Waals surface area contributed by atoms with Crippen LogP contribution >= 0.6 is 31.9 Å². The molecule has 2 aromatic rings. The Balaban J connectivity index is 2.10. The number of nitrogens with zero attached hydrogens (tertiary/aromatic N) is 1. The van der Waals surface area contributed by atoms with E-state index in [1.165, 1.54) is 13.2 Å². The Morgan fingerprint density at radius 1 is 1.10 bits per heavy atom. The lowest BCUT2D eigenvalue weighted by Crippen LogP contribution is -2.54. The predicted octanol–water partition coefficient (Wildman–Crippen LogP) is 4.91. The summed E-state index contributed by atoms with van der Waals surface area (Å²) in [6.07, 6.45) is -3.48. The SMILES string of the molecule is COc1c(Br)cc(Br)cc1C=C1C(=O)NC(=O)N(c2cccc(C(F)(F)F)c2)C1=O. The molecule has 0 saturated carbocycles. The van der Waals surface area contributed by atoms with Crippen molar-refractivity contribution < 1.29 is 32.3 Å². The molecule has 0 unspecified atom stereocenters. The second kappa shape index (κ2) is 8.23. The number of halogens is 5. The highest BCUT2D eigenvalue weighted by Gasteiger charge is 2.38. The lowest BCUT2D eigenvalue weighted by atomic mass is 10.1. The van der Waals surface area contributed by atoms with Crippen LogP contribution in [-0.2, 0) is 15.8 Å². The van der Waals surface area contributed by atoms with Crippen molar-refractivity contribution >= 4 is 61.5 Å². The highest BCUT2D eigenvalue weighted by molar-refractivity contribution is 9.11. The molecular weight excluding hydrogens is 537 g/mol. The molecule has 0 radical (unpaired) electrons. The molecule has 2 aromatic carbocycles. The van der Waals surface area contributed by atoms with Gasteiger partial charge >= 0.3 is 12.2 Å². The van der Waals surface area contributed by atoms with Gasteiger partial charge in [0.2, 0.25) is 0 Å². The van der Waals surface area contributed by atoms with Gasteiger partial charge in [0, 0.05) is 10.0 Å². The number of ether oxygens (including phenoxy) is 1. The lowest BCUT2D eigenvalue weighted by molar-refractivity contribution is -0.137. The highest BCUT2D eigenvalue weighted by Crippen LogP contribution is 2.35. The first kappa shape index (κ1) is 22.0. The molecule has 0 bridgehead atoms. The second-order valence-corrected chi connectivity index (χ2v) is 7.79. The van der Waals surface area contributed by atoms with E-state index >= 15 is 0 Å². The number of amides is 4. The van der Waals surface area contributed by atoms with E-state index < -0.39 is 35.2 Å². The monoisotopic (exact) mass is 546 g/mol. The fraction of sp³-hybridized carbons (Fsp3) is 0.105. The van der Waals surface area contributed by atoms with Crippen molar-refractivity contribution in [1.82, 2.24) is 5.32 Å². The fourth-order valence-electron chi connectivity index (χ4n) is 2.77. The van der Waals surface area contributed by atoms with E-state index in [1.54, 1.807) is 12.1 Å². The third-order valence-corrected chi connectivity index (χ3v) is 5.12. The number of carbonyl (C=O) groups excluding carboxylic acids is 3. The number of hydrogen-bond donors (Lipinski definition) is 1. The molecule has 0 spiro atoms. The molecule has 0 aliphatic carbocycles. The van der Waals surface area contributed by atoms with Gasteiger partial charge in [0.15, 0.2) is 0 Å². The van der Waals surface area contributed by atoms with E-state index in [-0.39, 0.29) is 5.69 Å². The zero-order chi connectivity index (χ0) is 22.2. The number of barbiturate groups is 1. The van der Waals surface area contributed by atoms with Crippen LogP contribution in [0.3, 0.4) is 0 Å². The standard InChI is InChI=1S/C19H11Br2F3N2O4/c1-30-15-9(5-11(20)8-14(15)21)6-13-16(27)25-18(29)26(17(13)28)12-4-2-3-10(7-12)19(22,23)24/h2-8H,1H3,(H,25,27,29). The number of rotatable bonds is 3. The molecule has 1 heterocycles. The number of imide groups is 2. The summed E-state index contributed by atoms with van der Waals surface area (Å²) in [6.45, 7) is 0. The van der Waals surface area contributed by atoms with E-state index in [1.807, 2.05) is 5.32 Å². The zero-order valence-electron chi connectivity index (χ0n) is 15.0. The van der Waals surface area contributed by atoms with Crippen molar-refractivity contribution in [3.63, 3.8) is 0 Å². The number of anilines is 1. The molecule has 1 N–H and O–H groups in total. The number of hydrogen-bond acceptors (Lipinski definition) is 4. The number of urea groups is 1. The topological polar surface area (TPSA) is 75.7 Å². The summed E-state index contributed by atoms with van der Waals surface area (Å²) in [5, 5.41) is 1.97. The van der Waals surface area contributed by atoms with Gasteiger partial charge in [-0.2, -0.15) is 13.2 Å². The molecule has 156 valence electrons. The number of methoxy groups -OCH3 is 1. The molecule has 11 heteroatoms. The van der Waals surface area contributed by atoms with Crippen molar-refractivity contribution in [2.75, 3.05) is 12.0 Å². The Morgan fingerprint density at radius 3 is 2.43 bits per heavy atom. The molecule has 1 saturated heterocycles. The van der Waals surface area contributed by atoms with Gasteiger partial charge in [-0.15, -0.1) is 0 Å². The maximum absolute atomic E-state index is 13.0. The molecule has 30 heavy (non-hydrogen) atoms. The molecule has 3 rings (SSSR count). The van der Waals surface area contributed by atoms with Gasteiger partial charge in [-0.25, -0.2) is 9.69 Å². The van der Waals surface area contributed by atoms with Crippen LogP contribution in [0.1, 0.15) is 11.1 Å². The quantitative estimate of drug-likeness (QED) is 0.438. The van der Waals surface area contributed by atoms with Crippen LogP contribution in [0.5, 0.6) is 5.75 Å². The summed E-state index contributed by atoms with van der Waals surface area (Å²) in [5.41, 5.74) is -1.49. The summed E-state index contributed by atoms with van der Waals surface area (Å²) in [5.74, 6) is -1.73. The van der Waals surface area contributed by atoms with Crippen molar-refractivity contribution in [1.29, 1.82) is 0 Å². The van der Waals surface area contributed by atoms with Crippen LogP contribution in [0.2, 0.25) is 0 Å². The van der Waals surface area contributed by atoms with Crippen LogP contribution in [-0.4, -0.2) is 25.0 Å². The van der Waals surface area contributed by atoms with Crippen LogP contribution in [0, 0.1) is 0 Å². The molecule has 1 aliphatic rings. The van der Waals surface area contributed by atoms with Gasteiger partial charge in [0.05, 0.1) is 22.8 Å². The fourth-order valence-corrected chi connectivity index (χ4v) is 4.19. The van der Waals surface area contributed by atoms with E-state index in [2.05, 4.69) is 31.9 Å². The minimum Gasteiger partial charge on any atom is -0.495 e. The molecule has 1 fully saturated rings. The van der Waals surface area contributed by atoms with Gasteiger partial charge < -0.3 is 4.74 Å². The average molecular weight is 548 g/mol. The maximum atomic E-state index is 13.0. The number of alkyl halides is 3. The summed E-state index contributed by atoms with van der Waals surface area (Å²) in [4.78, 5) is 37.9. The maximum Gasteiger partial charge on any atom is 0.416 e. The van der Waals surface area contributed by atoms with Crippen LogP contribution < -0.4 is 15.0 Å². The molecule has 6 nitrogen and oxygen atoms in total. The molecular formula is C19H11Br2F3N2O4. The third kappa shape index (κ3) is 4.26. The van der Waals surface area contributed by atoms with Gasteiger partial charge in [-0.3, -0.25) is 14.9 Å². The Labute approximate surface area is 184 Å². The molecule has 0 aromatic heterocycles. The molecule has 1 aliphatic heterocycles. The van der Waals surface area contributed by atoms with Gasteiger partial charge in [0.25, 0.3) is 11.8 Å². The first-order valence-corrected chi connectivity index (χ1v) is 9.73. The first-order chi connectivity index (χ1) is 14.0.